The number of esters is 2. The van der Waals surface area contributed by atoms with E-state index < -0.39 is 65.1 Å². The number of aliphatic hydroxyl groups is 3. The van der Waals surface area contributed by atoms with Gasteiger partial charge in [-0.25, -0.2) is 0 Å². The number of rotatable bonds is 6. The van der Waals surface area contributed by atoms with E-state index in [0.29, 0.717) is 0 Å². The van der Waals surface area contributed by atoms with E-state index in [1.807, 2.05) is 0 Å². The highest BCUT2D eigenvalue weighted by Crippen LogP contribution is 2.50. The van der Waals surface area contributed by atoms with Crippen molar-refractivity contribution >= 4 is 29.3 Å². The molecule has 0 aromatic rings. The number of hydrogen-bond acceptors (Lipinski definition) is 11. The average molecular weight is 390 g/mol. The largest absolute Gasteiger partial charge is 0.443 e. The second kappa shape index (κ2) is 7.43. The van der Waals surface area contributed by atoms with E-state index in [9.17, 15) is 39.3 Å². The van der Waals surface area contributed by atoms with E-state index in [-0.39, 0.29) is 0 Å². The fraction of sp³-hybridized carbons (Fsp3) is 0.688. The van der Waals surface area contributed by atoms with Crippen molar-refractivity contribution in [2.45, 2.75) is 63.8 Å². The first kappa shape index (κ1) is 22.8. The van der Waals surface area contributed by atoms with Gasteiger partial charge in [0.15, 0.2) is 17.3 Å². The molecule has 0 saturated carbocycles. The Hall–Kier alpha value is -2.21. The van der Waals surface area contributed by atoms with E-state index in [1.54, 1.807) is 0 Å². The Morgan fingerprint density at radius 1 is 0.889 bits per heavy atom. The highest BCUT2D eigenvalue weighted by molar-refractivity contribution is 6.06. The number of carbonyl (C=O) groups excluding carboxylic acids is 5. The number of aliphatic hydroxyl groups excluding tert-OH is 2. The van der Waals surface area contributed by atoms with Crippen LogP contribution in [0.25, 0.3) is 0 Å². The summed E-state index contributed by atoms with van der Waals surface area (Å²) in [5.41, 5.74) is -6.33. The SMILES string of the molecule is CC(=O)O[C@@]1(C(C)=O)[C@@H](O)[C@@H](CO)OC(O)(C(C)=O)[C@@]1(OC(C)=O)C(C)=O. The van der Waals surface area contributed by atoms with Gasteiger partial charge in [0.05, 0.1) is 6.61 Å². The maximum Gasteiger partial charge on any atom is 0.304 e. The molecule has 1 heterocycles. The minimum atomic E-state index is -3.35. The average Bonchev–Trinajstić information content (AvgIpc) is 2.52. The molecule has 1 aliphatic rings. The van der Waals surface area contributed by atoms with Gasteiger partial charge >= 0.3 is 11.9 Å². The monoisotopic (exact) mass is 390 g/mol. The highest BCUT2D eigenvalue weighted by atomic mass is 16.7. The minimum Gasteiger partial charge on any atom is -0.443 e. The van der Waals surface area contributed by atoms with E-state index in [0.717, 1.165) is 34.6 Å². The minimum absolute atomic E-state index is 0.743. The molecule has 0 amide bonds. The Bertz CT molecular complexity index is 686. The fourth-order valence-electron chi connectivity index (χ4n) is 3.38. The summed E-state index contributed by atoms with van der Waals surface area (Å²) in [7, 11) is 0. The standard InChI is InChI=1S/C16H22O11/c1-7(18)14(25-10(4)21)13(23)12(6-17)27-16(24,9(3)20)15(14,8(2)19)26-11(5)22/h12-13,17,23-24H,6H2,1-5H3/t12-,13+,14+,15-,16?/m1/s1. The molecule has 0 bridgehead atoms. The second-order valence-electron chi connectivity index (χ2n) is 6.20. The number of Topliss-reactive ketones (excluding diaryl/α,β-unsaturated/α-hetero) is 3. The van der Waals surface area contributed by atoms with Crippen LogP contribution in [0.4, 0.5) is 0 Å². The van der Waals surface area contributed by atoms with Gasteiger partial charge in [-0.15, -0.1) is 0 Å². The molecule has 152 valence electrons. The van der Waals surface area contributed by atoms with Crippen LogP contribution in [0.2, 0.25) is 0 Å². The fourth-order valence-corrected chi connectivity index (χ4v) is 3.38. The van der Waals surface area contributed by atoms with Crippen LogP contribution in [0.3, 0.4) is 0 Å². The maximum absolute atomic E-state index is 12.6. The molecular weight excluding hydrogens is 368 g/mol. The molecular formula is C16H22O11. The van der Waals surface area contributed by atoms with Crippen molar-refractivity contribution in [2.75, 3.05) is 6.61 Å². The van der Waals surface area contributed by atoms with Crippen molar-refractivity contribution in [3.05, 3.63) is 0 Å². The first-order valence-electron chi connectivity index (χ1n) is 7.86. The molecule has 11 heteroatoms. The summed E-state index contributed by atoms with van der Waals surface area (Å²) in [4.78, 5) is 61.0. The smallest absolute Gasteiger partial charge is 0.304 e. The van der Waals surface area contributed by atoms with Crippen molar-refractivity contribution in [3.8, 4) is 0 Å². The molecule has 5 atom stereocenters. The Labute approximate surface area is 154 Å². The third-order valence-electron chi connectivity index (χ3n) is 4.37. The predicted molar refractivity (Wildman–Crippen MR) is 84.0 cm³/mol. The molecule has 0 aromatic heterocycles. The summed E-state index contributed by atoms with van der Waals surface area (Å²) in [6, 6.07) is 0. The van der Waals surface area contributed by atoms with Gasteiger partial charge < -0.3 is 29.5 Å². The van der Waals surface area contributed by atoms with Gasteiger partial charge in [0.2, 0.25) is 5.60 Å². The van der Waals surface area contributed by atoms with Gasteiger partial charge in [-0.3, -0.25) is 24.0 Å². The van der Waals surface area contributed by atoms with Gasteiger partial charge in [0, 0.05) is 20.8 Å². The predicted octanol–water partition coefficient (Wildman–Crippen LogP) is -2.20. The summed E-state index contributed by atoms with van der Waals surface area (Å²) in [6.07, 6.45) is -4.11. The zero-order chi connectivity index (χ0) is 21.4. The molecule has 3 N–H and O–H groups in total. The lowest BCUT2D eigenvalue weighted by molar-refractivity contribution is -0.375. The molecule has 1 fully saturated rings. The topological polar surface area (TPSA) is 174 Å². The van der Waals surface area contributed by atoms with Crippen LogP contribution in [0, 0.1) is 0 Å². The van der Waals surface area contributed by atoms with Crippen LogP contribution in [0.15, 0.2) is 0 Å². The molecule has 0 aliphatic carbocycles. The van der Waals surface area contributed by atoms with Crippen LogP contribution >= 0.6 is 0 Å². The number of ketones is 3. The Kier molecular flexibility index (Phi) is 6.28. The molecule has 0 spiro atoms. The summed E-state index contributed by atoms with van der Waals surface area (Å²) in [5.74, 6) is -9.65. The third-order valence-corrected chi connectivity index (χ3v) is 4.37. The Balaban J connectivity index is 4.15. The van der Waals surface area contributed by atoms with E-state index >= 15 is 0 Å². The van der Waals surface area contributed by atoms with E-state index in [4.69, 9.17) is 14.2 Å². The lowest BCUT2D eigenvalue weighted by Crippen LogP contribution is -2.87. The molecule has 1 unspecified atom stereocenters. The Morgan fingerprint density at radius 3 is 1.67 bits per heavy atom. The third kappa shape index (κ3) is 3.06. The number of hydrogen-bond donors (Lipinski definition) is 3. The van der Waals surface area contributed by atoms with Gasteiger partial charge in [0.25, 0.3) is 11.4 Å². The molecule has 1 rings (SSSR count). The van der Waals surface area contributed by atoms with Gasteiger partial charge in [0.1, 0.15) is 12.2 Å². The van der Waals surface area contributed by atoms with Crippen LogP contribution < -0.4 is 0 Å². The van der Waals surface area contributed by atoms with Crippen molar-refractivity contribution in [1.82, 2.24) is 0 Å². The summed E-state index contributed by atoms with van der Waals surface area (Å²) in [5, 5.41) is 31.1. The van der Waals surface area contributed by atoms with Crippen molar-refractivity contribution in [1.29, 1.82) is 0 Å². The molecule has 1 saturated heterocycles. The van der Waals surface area contributed by atoms with Crippen LogP contribution in [0.1, 0.15) is 34.6 Å². The van der Waals surface area contributed by atoms with Crippen LogP contribution in [0.5, 0.6) is 0 Å². The zero-order valence-electron chi connectivity index (χ0n) is 15.5. The van der Waals surface area contributed by atoms with E-state index in [2.05, 4.69) is 0 Å². The summed E-state index contributed by atoms with van der Waals surface area (Å²) < 4.78 is 14.9. The lowest BCUT2D eigenvalue weighted by atomic mass is 9.64. The van der Waals surface area contributed by atoms with Gasteiger partial charge in [-0.1, -0.05) is 0 Å². The second-order valence-corrected chi connectivity index (χ2v) is 6.20. The summed E-state index contributed by atoms with van der Waals surface area (Å²) >= 11 is 0. The quantitative estimate of drug-likeness (QED) is 0.420. The van der Waals surface area contributed by atoms with Crippen molar-refractivity contribution in [2.24, 2.45) is 0 Å². The van der Waals surface area contributed by atoms with Crippen LogP contribution in [-0.4, -0.2) is 80.4 Å². The normalized spacial score (nSPS) is 35.9. The summed E-state index contributed by atoms with van der Waals surface area (Å²) in [6.45, 7) is 2.87. The van der Waals surface area contributed by atoms with Crippen LogP contribution in [-0.2, 0) is 38.2 Å². The first-order valence-corrected chi connectivity index (χ1v) is 7.86. The van der Waals surface area contributed by atoms with Crippen molar-refractivity contribution in [3.63, 3.8) is 0 Å². The maximum atomic E-state index is 12.6. The molecule has 0 aromatic carbocycles. The Morgan fingerprint density at radius 2 is 1.37 bits per heavy atom. The number of carbonyl (C=O) groups is 5. The first-order chi connectivity index (χ1) is 12.2. The highest BCUT2D eigenvalue weighted by Gasteiger charge is 2.82. The number of ether oxygens (including phenoxy) is 3. The lowest BCUT2D eigenvalue weighted by Gasteiger charge is -2.57. The molecule has 27 heavy (non-hydrogen) atoms. The van der Waals surface area contributed by atoms with Gasteiger partial charge in [-0.05, 0) is 13.8 Å². The molecule has 11 nitrogen and oxygen atoms in total. The zero-order valence-corrected chi connectivity index (χ0v) is 15.5. The van der Waals surface area contributed by atoms with Crippen molar-refractivity contribution < 1.29 is 53.5 Å². The molecule has 1 aliphatic heterocycles. The van der Waals surface area contributed by atoms with Gasteiger partial charge in [-0.2, -0.15) is 0 Å². The van der Waals surface area contributed by atoms with E-state index in [1.165, 1.54) is 0 Å². The molecule has 0 radical (unpaired) electrons.